The molecule has 0 aliphatic carbocycles. The van der Waals surface area contributed by atoms with E-state index in [1.165, 1.54) is 37.2 Å². The average Bonchev–Trinajstić information content (AvgIpc) is 2.30. The first-order chi connectivity index (χ1) is 7.23. The van der Waals surface area contributed by atoms with E-state index in [2.05, 4.69) is 24.0 Å². The topological polar surface area (TPSA) is 32.3 Å². The van der Waals surface area contributed by atoms with E-state index < -0.39 is 0 Å². The molecule has 0 radical (unpaired) electrons. The van der Waals surface area contributed by atoms with Gasteiger partial charge < -0.3 is 10.4 Å². The monoisotopic (exact) mass is 229 g/mol. The molecule has 0 bridgehead atoms. The maximum atomic E-state index is 9.40. The lowest BCUT2D eigenvalue weighted by atomic mass is 9.75. The minimum atomic E-state index is -0.00644. The molecule has 3 heteroatoms. The van der Waals surface area contributed by atoms with Crippen LogP contribution in [-0.4, -0.2) is 35.3 Å². The van der Waals surface area contributed by atoms with E-state index in [0.717, 1.165) is 18.4 Å². The molecule has 2 aliphatic heterocycles. The van der Waals surface area contributed by atoms with Gasteiger partial charge in [-0.2, -0.15) is 11.8 Å². The van der Waals surface area contributed by atoms with Gasteiger partial charge in [0.1, 0.15) is 0 Å². The Morgan fingerprint density at radius 1 is 1.27 bits per heavy atom. The summed E-state index contributed by atoms with van der Waals surface area (Å²) < 4.78 is 0. The first-order valence-corrected chi connectivity index (χ1v) is 7.33. The van der Waals surface area contributed by atoms with Gasteiger partial charge in [0.15, 0.2) is 0 Å². The van der Waals surface area contributed by atoms with Crippen molar-refractivity contribution in [3.63, 3.8) is 0 Å². The third-order valence-corrected chi connectivity index (χ3v) is 5.11. The number of thioether (sulfide) groups is 1. The molecule has 0 amide bonds. The highest BCUT2D eigenvalue weighted by Crippen LogP contribution is 2.37. The highest BCUT2D eigenvalue weighted by Gasteiger charge is 2.35. The zero-order chi connectivity index (χ0) is 10.7. The van der Waals surface area contributed by atoms with Crippen molar-refractivity contribution in [1.82, 2.24) is 5.32 Å². The zero-order valence-corrected chi connectivity index (χ0v) is 10.5. The van der Waals surface area contributed by atoms with Gasteiger partial charge in [-0.25, -0.2) is 0 Å². The third-order valence-electron chi connectivity index (χ3n) is 4.06. The summed E-state index contributed by atoms with van der Waals surface area (Å²) in [6.07, 6.45) is 5.28. The second kappa shape index (κ2) is 5.07. The van der Waals surface area contributed by atoms with E-state index >= 15 is 0 Å². The van der Waals surface area contributed by atoms with Crippen LogP contribution < -0.4 is 5.32 Å². The van der Waals surface area contributed by atoms with Crippen molar-refractivity contribution in [1.29, 1.82) is 0 Å². The van der Waals surface area contributed by atoms with Crippen molar-refractivity contribution in [2.24, 2.45) is 11.8 Å². The van der Waals surface area contributed by atoms with E-state index in [4.69, 9.17) is 0 Å². The molecule has 2 heterocycles. The molecule has 88 valence electrons. The molecule has 0 aromatic rings. The molecule has 2 nitrogen and oxygen atoms in total. The van der Waals surface area contributed by atoms with Crippen molar-refractivity contribution in [3.05, 3.63) is 0 Å². The molecule has 0 aromatic heterocycles. The van der Waals surface area contributed by atoms with Crippen molar-refractivity contribution < 1.29 is 5.11 Å². The molecule has 2 N–H and O–H groups in total. The fourth-order valence-corrected chi connectivity index (χ4v) is 4.17. The van der Waals surface area contributed by atoms with Crippen LogP contribution >= 0.6 is 11.8 Å². The predicted octanol–water partition coefficient (Wildman–Crippen LogP) is 1.88. The normalized spacial score (nSPS) is 39.2. The second-order valence-corrected chi connectivity index (χ2v) is 6.57. The van der Waals surface area contributed by atoms with Gasteiger partial charge in [-0.3, -0.25) is 0 Å². The Morgan fingerprint density at radius 2 is 2.00 bits per heavy atom. The van der Waals surface area contributed by atoms with E-state index in [9.17, 15) is 5.11 Å². The summed E-state index contributed by atoms with van der Waals surface area (Å²) in [4.78, 5) is 0. The highest BCUT2D eigenvalue weighted by atomic mass is 32.2. The molecular formula is C12H23NOS. The van der Waals surface area contributed by atoms with Gasteiger partial charge in [-0.1, -0.05) is 0 Å². The Balaban J connectivity index is 1.91. The summed E-state index contributed by atoms with van der Waals surface area (Å²) in [5.41, 5.74) is -0.00644. The van der Waals surface area contributed by atoms with Crippen LogP contribution in [0.3, 0.4) is 0 Å². The maximum Gasteiger partial charge on any atom is 0.0610 e. The first-order valence-electron chi connectivity index (χ1n) is 6.17. The molecular weight excluding hydrogens is 206 g/mol. The van der Waals surface area contributed by atoms with Crippen molar-refractivity contribution in [2.45, 2.75) is 38.1 Å². The van der Waals surface area contributed by atoms with E-state index in [-0.39, 0.29) is 12.1 Å². The molecule has 2 saturated heterocycles. The Hall–Kier alpha value is 0.270. The minimum absolute atomic E-state index is 0.00644. The molecule has 15 heavy (non-hydrogen) atoms. The smallest absolute Gasteiger partial charge is 0.0610 e. The van der Waals surface area contributed by atoms with E-state index in [1.54, 1.807) is 0 Å². The highest BCUT2D eigenvalue weighted by molar-refractivity contribution is 7.99. The first kappa shape index (κ1) is 11.7. The number of piperidine rings is 1. The molecule has 0 aromatic carbocycles. The van der Waals surface area contributed by atoms with Crippen LogP contribution in [-0.2, 0) is 0 Å². The molecule has 2 rings (SSSR count). The van der Waals surface area contributed by atoms with Gasteiger partial charge in [-0.05, 0) is 62.5 Å². The van der Waals surface area contributed by atoms with Crippen LogP contribution in [0.25, 0.3) is 0 Å². The maximum absolute atomic E-state index is 9.40. The molecule has 0 spiro atoms. The third kappa shape index (κ3) is 2.89. The minimum Gasteiger partial charge on any atom is -0.394 e. The lowest BCUT2D eigenvalue weighted by Gasteiger charge is -2.42. The van der Waals surface area contributed by atoms with Gasteiger partial charge in [0.2, 0.25) is 0 Å². The van der Waals surface area contributed by atoms with E-state index in [1.807, 2.05) is 0 Å². The van der Waals surface area contributed by atoms with Crippen LogP contribution in [0.2, 0.25) is 0 Å². The van der Waals surface area contributed by atoms with Crippen molar-refractivity contribution in [2.75, 3.05) is 24.7 Å². The van der Waals surface area contributed by atoms with Crippen LogP contribution in [0.4, 0.5) is 0 Å². The standard InChI is InChI=1S/C12H23NOS/c1-12(9-14)8-11(2-5-13-12)10-3-6-15-7-4-10/h10-11,13-14H,2-9H2,1H3. The summed E-state index contributed by atoms with van der Waals surface area (Å²) in [5.74, 6) is 4.48. The lowest BCUT2D eigenvalue weighted by Crippen LogP contribution is -2.52. The average molecular weight is 229 g/mol. The van der Waals surface area contributed by atoms with E-state index in [0.29, 0.717) is 0 Å². The van der Waals surface area contributed by atoms with Crippen molar-refractivity contribution >= 4 is 11.8 Å². The summed E-state index contributed by atoms with van der Waals surface area (Å²) in [6, 6.07) is 0. The number of nitrogens with one attached hydrogen (secondary N) is 1. The second-order valence-electron chi connectivity index (χ2n) is 5.35. The zero-order valence-electron chi connectivity index (χ0n) is 9.67. The predicted molar refractivity (Wildman–Crippen MR) is 66.3 cm³/mol. The number of rotatable bonds is 2. The van der Waals surface area contributed by atoms with Crippen LogP contribution in [0.1, 0.15) is 32.6 Å². The Labute approximate surface area is 97.2 Å². The number of hydrogen-bond donors (Lipinski definition) is 2. The van der Waals surface area contributed by atoms with Gasteiger partial charge in [-0.15, -0.1) is 0 Å². The Kier molecular flexibility index (Phi) is 3.97. The molecule has 2 fully saturated rings. The summed E-state index contributed by atoms with van der Waals surface area (Å²) >= 11 is 2.10. The summed E-state index contributed by atoms with van der Waals surface area (Å²) in [6.45, 7) is 3.53. The number of aliphatic hydroxyl groups excluding tert-OH is 1. The number of aliphatic hydroxyl groups is 1. The van der Waals surface area contributed by atoms with Crippen LogP contribution in [0.15, 0.2) is 0 Å². The summed E-state index contributed by atoms with van der Waals surface area (Å²) in [7, 11) is 0. The van der Waals surface area contributed by atoms with Gasteiger partial charge in [0, 0.05) is 5.54 Å². The van der Waals surface area contributed by atoms with Gasteiger partial charge >= 0.3 is 0 Å². The quantitative estimate of drug-likeness (QED) is 0.758. The Morgan fingerprint density at radius 3 is 2.67 bits per heavy atom. The molecule has 2 unspecified atom stereocenters. The van der Waals surface area contributed by atoms with Gasteiger partial charge in [0.25, 0.3) is 0 Å². The SMILES string of the molecule is CC1(CO)CC(C2CCSCC2)CCN1. The molecule has 0 saturated carbocycles. The number of hydrogen-bond acceptors (Lipinski definition) is 3. The fraction of sp³-hybridized carbons (Fsp3) is 1.00. The largest absolute Gasteiger partial charge is 0.394 e. The fourth-order valence-electron chi connectivity index (χ4n) is 3.02. The van der Waals surface area contributed by atoms with Crippen molar-refractivity contribution in [3.8, 4) is 0 Å². The lowest BCUT2D eigenvalue weighted by molar-refractivity contribution is 0.0945. The van der Waals surface area contributed by atoms with Gasteiger partial charge in [0.05, 0.1) is 6.61 Å². The van der Waals surface area contributed by atoms with Crippen LogP contribution in [0, 0.1) is 11.8 Å². The Bertz CT molecular complexity index is 206. The molecule has 2 atom stereocenters. The van der Waals surface area contributed by atoms with Crippen LogP contribution in [0.5, 0.6) is 0 Å². The molecule has 2 aliphatic rings. The summed E-state index contributed by atoms with van der Waals surface area (Å²) in [5, 5.41) is 12.9.